The molecule has 0 unspecified atom stereocenters. The molecular formula is C35H31N5O7. The molecule has 12 heteroatoms. The molecule has 0 saturated carbocycles. The van der Waals surface area contributed by atoms with E-state index in [2.05, 4.69) is 10.6 Å². The number of carbonyl (C=O) groups is 4. The van der Waals surface area contributed by atoms with E-state index in [1.165, 1.54) is 28.8 Å². The van der Waals surface area contributed by atoms with E-state index in [4.69, 9.17) is 0 Å². The van der Waals surface area contributed by atoms with Gasteiger partial charge in [0.25, 0.3) is 17.4 Å². The lowest BCUT2D eigenvalue weighted by Gasteiger charge is -2.39. The van der Waals surface area contributed by atoms with Crippen molar-refractivity contribution in [2.45, 2.75) is 24.9 Å². The van der Waals surface area contributed by atoms with Gasteiger partial charge in [-0.1, -0.05) is 42.5 Å². The summed E-state index contributed by atoms with van der Waals surface area (Å²) in [6.07, 6.45) is 1.94. The molecule has 5 aromatic rings. The van der Waals surface area contributed by atoms with Gasteiger partial charge in [0.15, 0.2) is 0 Å². The molecule has 238 valence electrons. The molecule has 3 amide bonds. The lowest BCUT2D eigenvalue weighted by atomic mass is 9.97. The number of fused-ring (bicyclic) bond motifs is 2. The van der Waals surface area contributed by atoms with Crippen molar-refractivity contribution in [3.63, 3.8) is 0 Å². The molecule has 0 spiro atoms. The minimum atomic E-state index is -1.29. The SMILES string of the molecule is CNC(=O)[C@@H]1CCN1C(=O)c1ccc2cc(C(=O)N[C@@H](Cc3cccc4c(-n5c(=O)ccn(C)c5=O)cccc34)C(=O)O)ccc2c1. The smallest absolute Gasteiger partial charge is 0.335 e. The summed E-state index contributed by atoms with van der Waals surface area (Å²) in [7, 11) is 3.08. The number of carboxylic acid groups (broad SMARTS) is 1. The summed E-state index contributed by atoms with van der Waals surface area (Å²) in [6, 6.07) is 19.7. The fourth-order valence-electron chi connectivity index (χ4n) is 5.94. The Morgan fingerprint density at radius 3 is 2.26 bits per heavy atom. The first kappa shape index (κ1) is 31.0. The number of nitrogens with zero attached hydrogens (tertiary/aromatic N) is 3. The first-order valence-corrected chi connectivity index (χ1v) is 15.0. The Hall–Kier alpha value is -6.04. The molecular weight excluding hydrogens is 602 g/mol. The lowest BCUT2D eigenvalue weighted by Crippen LogP contribution is -2.57. The number of aryl methyl sites for hydroxylation is 1. The molecule has 2 atom stereocenters. The molecule has 2 heterocycles. The van der Waals surface area contributed by atoms with E-state index in [9.17, 15) is 33.9 Å². The standard InChI is InChI=1S/C35H31N5O7/c1-36-32(43)29-13-16-39(29)33(44)24-12-10-20-17-23(11-9-21(20)18-24)31(42)37-27(34(45)46)19-22-5-3-7-26-25(22)6-4-8-28(26)40-30(41)14-15-38(2)35(40)47/h3-12,14-15,17-18,27,29H,13,16,19H2,1-2H3,(H,36,43)(H,37,42)(H,45,46)/t27-,29-/m0/s1. The van der Waals surface area contributed by atoms with Gasteiger partial charge in [0.2, 0.25) is 5.91 Å². The van der Waals surface area contributed by atoms with Crippen LogP contribution in [0.4, 0.5) is 0 Å². The third-order valence-electron chi connectivity index (χ3n) is 8.59. The third kappa shape index (κ3) is 5.76. The van der Waals surface area contributed by atoms with Gasteiger partial charge < -0.3 is 25.2 Å². The van der Waals surface area contributed by atoms with Crippen molar-refractivity contribution < 1.29 is 24.3 Å². The van der Waals surface area contributed by atoms with Gasteiger partial charge >= 0.3 is 11.7 Å². The zero-order chi connectivity index (χ0) is 33.4. The fraction of sp³-hybridized carbons (Fsp3) is 0.200. The topological polar surface area (TPSA) is 160 Å². The molecule has 6 rings (SSSR count). The average molecular weight is 634 g/mol. The number of aromatic nitrogens is 2. The summed E-state index contributed by atoms with van der Waals surface area (Å²) in [5, 5.41) is 17.9. The van der Waals surface area contributed by atoms with Crippen molar-refractivity contribution in [1.82, 2.24) is 24.7 Å². The second-order valence-corrected chi connectivity index (χ2v) is 11.4. The number of hydrogen-bond acceptors (Lipinski definition) is 6. The van der Waals surface area contributed by atoms with E-state index in [-0.39, 0.29) is 23.8 Å². The van der Waals surface area contributed by atoms with E-state index < -0.39 is 35.2 Å². The number of likely N-dealkylation sites (tertiary alicyclic amines) is 1. The number of carbonyl (C=O) groups excluding carboxylic acids is 3. The highest BCUT2D eigenvalue weighted by atomic mass is 16.4. The molecule has 3 N–H and O–H groups in total. The van der Waals surface area contributed by atoms with Gasteiger partial charge in [0.1, 0.15) is 12.1 Å². The Morgan fingerprint density at radius 2 is 1.57 bits per heavy atom. The molecule has 1 aliphatic heterocycles. The summed E-state index contributed by atoms with van der Waals surface area (Å²) in [5.74, 6) is -2.28. The number of benzene rings is 4. The van der Waals surface area contributed by atoms with E-state index in [1.807, 2.05) is 0 Å². The highest BCUT2D eigenvalue weighted by molar-refractivity contribution is 6.04. The minimum Gasteiger partial charge on any atom is -0.480 e. The Balaban J connectivity index is 1.23. The molecule has 0 bridgehead atoms. The lowest BCUT2D eigenvalue weighted by molar-refractivity contribution is -0.139. The van der Waals surface area contributed by atoms with Crippen LogP contribution >= 0.6 is 0 Å². The summed E-state index contributed by atoms with van der Waals surface area (Å²) in [5.41, 5.74) is 0.619. The predicted molar refractivity (Wildman–Crippen MR) is 175 cm³/mol. The van der Waals surface area contributed by atoms with Crippen LogP contribution in [-0.2, 0) is 23.1 Å². The van der Waals surface area contributed by atoms with Crippen LogP contribution in [-0.4, -0.2) is 68.5 Å². The summed E-state index contributed by atoms with van der Waals surface area (Å²) in [4.78, 5) is 77.7. The summed E-state index contributed by atoms with van der Waals surface area (Å²) in [6.45, 7) is 0.492. The first-order chi connectivity index (χ1) is 22.6. The van der Waals surface area contributed by atoms with Crippen LogP contribution in [0.15, 0.2) is 94.6 Å². The molecule has 0 radical (unpaired) electrons. The highest BCUT2D eigenvalue weighted by Gasteiger charge is 2.37. The molecule has 47 heavy (non-hydrogen) atoms. The van der Waals surface area contributed by atoms with Crippen molar-refractivity contribution in [2.24, 2.45) is 7.05 Å². The normalized spacial score (nSPS) is 14.8. The largest absolute Gasteiger partial charge is 0.480 e. The van der Waals surface area contributed by atoms with Crippen molar-refractivity contribution >= 4 is 45.2 Å². The number of rotatable bonds is 8. The van der Waals surface area contributed by atoms with Crippen molar-refractivity contribution in [2.75, 3.05) is 13.6 Å². The quantitative estimate of drug-likeness (QED) is 0.236. The number of carboxylic acids is 1. The third-order valence-corrected chi connectivity index (χ3v) is 8.59. The van der Waals surface area contributed by atoms with Gasteiger partial charge in [0.05, 0.1) is 5.69 Å². The van der Waals surface area contributed by atoms with Crippen LogP contribution in [0, 0.1) is 0 Å². The molecule has 12 nitrogen and oxygen atoms in total. The van der Waals surface area contributed by atoms with E-state index in [1.54, 1.807) is 79.8 Å². The van der Waals surface area contributed by atoms with Gasteiger partial charge in [0, 0.05) is 55.8 Å². The number of hydrogen-bond donors (Lipinski definition) is 3. The van der Waals surface area contributed by atoms with E-state index in [0.29, 0.717) is 51.3 Å². The Labute approximate surface area is 267 Å². The maximum Gasteiger partial charge on any atom is 0.335 e. The van der Waals surface area contributed by atoms with Crippen molar-refractivity contribution in [3.8, 4) is 5.69 Å². The molecule has 1 aliphatic rings. The van der Waals surface area contributed by atoms with Gasteiger partial charge in [-0.3, -0.25) is 19.2 Å². The highest BCUT2D eigenvalue weighted by Crippen LogP contribution is 2.26. The first-order valence-electron chi connectivity index (χ1n) is 15.0. The van der Waals surface area contributed by atoms with E-state index >= 15 is 0 Å². The Kier molecular flexibility index (Phi) is 8.16. The summed E-state index contributed by atoms with van der Waals surface area (Å²) < 4.78 is 2.36. The number of aliphatic carboxylic acids is 1. The maximum atomic E-state index is 13.3. The van der Waals surface area contributed by atoms with Crippen LogP contribution < -0.4 is 21.9 Å². The Morgan fingerprint density at radius 1 is 0.894 bits per heavy atom. The fourth-order valence-corrected chi connectivity index (χ4v) is 5.94. The zero-order valence-corrected chi connectivity index (χ0v) is 25.6. The van der Waals surface area contributed by atoms with Gasteiger partial charge in [-0.25, -0.2) is 14.2 Å². The Bertz CT molecular complexity index is 2220. The number of likely N-dealkylation sites (N-methyl/N-ethyl adjacent to an activating group) is 1. The molecule has 4 aromatic carbocycles. The maximum absolute atomic E-state index is 13.3. The number of amides is 3. The summed E-state index contributed by atoms with van der Waals surface area (Å²) >= 11 is 0. The van der Waals surface area contributed by atoms with Crippen molar-refractivity contribution in [3.05, 3.63) is 123 Å². The monoisotopic (exact) mass is 633 g/mol. The van der Waals surface area contributed by atoms with Crippen LogP contribution in [0.2, 0.25) is 0 Å². The minimum absolute atomic E-state index is 0.0594. The average Bonchev–Trinajstić information content (AvgIpc) is 3.05. The second-order valence-electron chi connectivity index (χ2n) is 11.4. The van der Waals surface area contributed by atoms with Crippen molar-refractivity contribution in [1.29, 1.82) is 0 Å². The molecule has 1 saturated heterocycles. The van der Waals surface area contributed by atoms with Crippen LogP contribution in [0.25, 0.3) is 27.2 Å². The number of nitrogens with one attached hydrogen (secondary N) is 2. The van der Waals surface area contributed by atoms with Gasteiger partial charge in [-0.15, -0.1) is 0 Å². The second kappa shape index (κ2) is 12.4. The predicted octanol–water partition coefficient (Wildman–Crippen LogP) is 2.23. The van der Waals surface area contributed by atoms with Crippen LogP contribution in [0.1, 0.15) is 32.7 Å². The van der Waals surface area contributed by atoms with Gasteiger partial charge in [-0.05, 0) is 58.5 Å². The van der Waals surface area contributed by atoms with Crippen LogP contribution in [0.3, 0.4) is 0 Å². The van der Waals surface area contributed by atoms with Crippen LogP contribution in [0.5, 0.6) is 0 Å². The zero-order valence-electron chi connectivity index (χ0n) is 25.6. The molecule has 0 aliphatic carbocycles. The van der Waals surface area contributed by atoms with Gasteiger partial charge in [-0.2, -0.15) is 0 Å². The van der Waals surface area contributed by atoms with E-state index in [0.717, 1.165) is 4.57 Å². The molecule has 1 fully saturated rings. The molecule has 1 aromatic heterocycles.